The number of carbonyl (C=O) groups excluding carboxylic acids is 2. The summed E-state index contributed by atoms with van der Waals surface area (Å²) in [6, 6.07) is 8.80. The highest BCUT2D eigenvalue weighted by atomic mass is 32.1. The first-order valence-electron chi connectivity index (χ1n) is 13.6. The Morgan fingerprint density at radius 2 is 1.88 bits per heavy atom. The molecule has 40 heavy (non-hydrogen) atoms. The Hall–Kier alpha value is -3.67. The minimum atomic E-state index is -0.205. The molecule has 0 saturated carbocycles. The van der Waals surface area contributed by atoms with Crippen molar-refractivity contribution in [2.75, 3.05) is 70.6 Å². The highest BCUT2D eigenvalue weighted by molar-refractivity contribution is 7.08. The predicted octanol–water partition coefficient (Wildman–Crippen LogP) is 3.59. The maximum absolute atomic E-state index is 13.4. The number of nitrogen functional groups attached to an aromatic ring is 1. The molecule has 1 aromatic carbocycles. The van der Waals surface area contributed by atoms with Gasteiger partial charge in [-0.1, -0.05) is 6.07 Å². The van der Waals surface area contributed by atoms with Gasteiger partial charge in [-0.05, 0) is 54.7 Å². The van der Waals surface area contributed by atoms with E-state index >= 15 is 0 Å². The largest absolute Gasteiger partial charge is 0.486 e. The van der Waals surface area contributed by atoms with Gasteiger partial charge in [-0.25, -0.2) is 4.79 Å². The molecule has 2 aliphatic heterocycles. The number of piperazine rings is 1. The normalized spacial score (nSPS) is 15.5. The number of Topliss-reactive ketones (excluding diaryl/α,β-unsaturated/α-hetero) is 1. The zero-order valence-electron chi connectivity index (χ0n) is 22.8. The number of amides is 2. The van der Waals surface area contributed by atoms with Crippen LogP contribution in [0.4, 0.5) is 16.2 Å². The van der Waals surface area contributed by atoms with E-state index in [0.29, 0.717) is 54.9 Å². The van der Waals surface area contributed by atoms with Gasteiger partial charge in [0.1, 0.15) is 18.9 Å². The van der Waals surface area contributed by atoms with Gasteiger partial charge < -0.3 is 35.2 Å². The number of benzene rings is 1. The molecule has 1 fully saturated rings. The van der Waals surface area contributed by atoms with Crippen LogP contribution in [0.2, 0.25) is 0 Å². The van der Waals surface area contributed by atoms with Crippen molar-refractivity contribution in [3.63, 3.8) is 0 Å². The van der Waals surface area contributed by atoms with E-state index in [2.05, 4.69) is 27.1 Å². The molecule has 0 unspecified atom stereocenters. The molecule has 10 nitrogen and oxygen atoms in total. The molecule has 0 aliphatic carbocycles. The van der Waals surface area contributed by atoms with E-state index in [9.17, 15) is 9.59 Å². The smallest absolute Gasteiger partial charge is 0.322 e. The molecule has 0 bridgehead atoms. The summed E-state index contributed by atoms with van der Waals surface area (Å²) in [5, 5.41) is 6.73. The lowest BCUT2D eigenvalue weighted by Crippen LogP contribution is -2.45. The summed E-state index contributed by atoms with van der Waals surface area (Å²) in [4.78, 5) is 37.1. The van der Waals surface area contributed by atoms with E-state index < -0.39 is 0 Å². The summed E-state index contributed by atoms with van der Waals surface area (Å²) in [6.45, 7) is 7.08. The number of nitrogens with one attached hydrogen (secondary N) is 1. The Morgan fingerprint density at radius 3 is 2.60 bits per heavy atom. The maximum atomic E-state index is 13.4. The van der Waals surface area contributed by atoms with Gasteiger partial charge >= 0.3 is 6.03 Å². The fourth-order valence-electron chi connectivity index (χ4n) is 4.78. The number of rotatable bonds is 10. The minimum Gasteiger partial charge on any atom is -0.486 e. The van der Waals surface area contributed by atoms with E-state index in [4.69, 9.17) is 15.2 Å². The van der Waals surface area contributed by atoms with Gasteiger partial charge in [0.05, 0.1) is 0 Å². The summed E-state index contributed by atoms with van der Waals surface area (Å²) >= 11 is 1.48. The van der Waals surface area contributed by atoms with Crippen LogP contribution in [-0.2, 0) is 13.0 Å². The fraction of sp³-hybridized carbons (Fsp3) is 0.414. The topological polar surface area (TPSA) is 113 Å². The second kappa shape index (κ2) is 13.1. The number of ether oxygens (including phenoxy) is 2. The average molecular weight is 565 g/mol. The van der Waals surface area contributed by atoms with Crippen LogP contribution < -0.4 is 20.5 Å². The lowest BCUT2D eigenvalue weighted by atomic mass is 10.1. The molecule has 0 radical (unpaired) electrons. The Labute approximate surface area is 238 Å². The molecule has 212 valence electrons. The lowest BCUT2D eigenvalue weighted by Gasteiger charge is -2.33. The van der Waals surface area contributed by atoms with E-state index in [1.807, 2.05) is 29.0 Å². The maximum Gasteiger partial charge on any atom is 0.322 e. The molecule has 2 amide bonds. The zero-order chi connectivity index (χ0) is 27.9. The van der Waals surface area contributed by atoms with Crippen LogP contribution in [0.1, 0.15) is 28.0 Å². The molecule has 0 atom stereocenters. The number of anilines is 2. The number of aromatic nitrogens is 1. The molecular weight excluding hydrogens is 528 g/mol. The van der Waals surface area contributed by atoms with Crippen molar-refractivity contribution in [2.45, 2.75) is 19.4 Å². The van der Waals surface area contributed by atoms with Crippen molar-refractivity contribution in [1.29, 1.82) is 0 Å². The van der Waals surface area contributed by atoms with E-state index in [-0.39, 0.29) is 18.2 Å². The lowest BCUT2D eigenvalue weighted by molar-refractivity contribution is 0.0988. The number of hydrogen-bond acceptors (Lipinski definition) is 9. The van der Waals surface area contributed by atoms with Crippen LogP contribution in [0.3, 0.4) is 0 Å². The van der Waals surface area contributed by atoms with Gasteiger partial charge in [0, 0.05) is 74.7 Å². The zero-order valence-corrected chi connectivity index (χ0v) is 23.6. The van der Waals surface area contributed by atoms with Gasteiger partial charge in [-0.3, -0.25) is 9.78 Å². The highest BCUT2D eigenvalue weighted by Gasteiger charge is 2.19. The Kier molecular flexibility index (Phi) is 9.15. The standard InChI is InChI=1S/C29H36N6O4S/c1-33-9-11-34(12-10-33)7-2-8-35(29(37)32-23-4-6-27-28(16-23)39-14-13-38-27)18-21-3-5-25(31-17-21)26(36)15-22-19-40-20-24(22)30/h3-6,16-17,19-20H,2,7-15,18,30H2,1H3,(H,32,37). The predicted molar refractivity (Wildman–Crippen MR) is 156 cm³/mol. The average Bonchev–Trinajstić information content (AvgIpc) is 3.37. The molecule has 1 saturated heterocycles. The number of fused-ring (bicyclic) bond motifs is 1. The molecule has 3 aromatic rings. The Morgan fingerprint density at radius 1 is 1.07 bits per heavy atom. The monoisotopic (exact) mass is 564 g/mol. The first-order valence-corrected chi connectivity index (χ1v) is 14.5. The van der Waals surface area contributed by atoms with Crippen molar-refractivity contribution in [2.24, 2.45) is 0 Å². The van der Waals surface area contributed by atoms with E-state index in [1.165, 1.54) is 11.3 Å². The fourth-order valence-corrected chi connectivity index (χ4v) is 5.53. The van der Waals surface area contributed by atoms with Crippen LogP contribution in [0, 0.1) is 0 Å². The number of urea groups is 1. The van der Waals surface area contributed by atoms with Crippen LogP contribution in [0.15, 0.2) is 47.3 Å². The molecule has 3 N–H and O–H groups in total. The van der Waals surface area contributed by atoms with Crippen molar-refractivity contribution < 1.29 is 19.1 Å². The van der Waals surface area contributed by atoms with Crippen LogP contribution in [0.5, 0.6) is 11.5 Å². The number of likely N-dealkylation sites (N-methyl/N-ethyl adjacent to an activating group) is 1. The molecular formula is C29H36N6O4S. The molecule has 11 heteroatoms. The van der Waals surface area contributed by atoms with E-state index in [1.54, 1.807) is 23.2 Å². The third-order valence-electron chi connectivity index (χ3n) is 7.19. The highest BCUT2D eigenvalue weighted by Crippen LogP contribution is 2.32. The molecule has 0 spiro atoms. The Balaban J connectivity index is 1.23. The van der Waals surface area contributed by atoms with Crippen molar-refractivity contribution in [3.8, 4) is 11.5 Å². The number of carbonyl (C=O) groups is 2. The minimum absolute atomic E-state index is 0.0861. The van der Waals surface area contributed by atoms with Gasteiger partial charge in [0.2, 0.25) is 0 Å². The quantitative estimate of drug-likeness (QED) is 0.359. The second-order valence-electron chi connectivity index (χ2n) is 10.2. The van der Waals surface area contributed by atoms with Crippen molar-refractivity contribution >= 4 is 34.5 Å². The van der Waals surface area contributed by atoms with Crippen molar-refractivity contribution in [1.82, 2.24) is 19.7 Å². The summed E-state index contributed by atoms with van der Waals surface area (Å²) in [5.41, 5.74) is 9.27. The molecule has 2 aliphatic rings. The number of thiophene rings is 1. The molecule has 2 aromatic heterocycles. The second-order valence-corrected chi connectivity index (χ2v) is 11.0. The number of hydrogen-bond donors (Lipinski definition) is 2. The van der Waals surface area contributed by atoms with Crippen LogP contribution in [-0.4, -0.2) is 91.0 Å². The first-order chi connectivity index (χ1) is 19.4. The Bertz CT molecular complexity index is 1310. The van der Waals surface area contributed by atoms with Gasteiger partial charge in [0.15, 0.2) is 17.3 Å². The summed E-state index contributed by atoms with van der Waals surface area (Å²) in [6.07, 6.45) is 2.75. The molecule has 5 rings (SSSR count). The SMILES string of the molecule is CN1CCN(CCCN(Cc2ccc(C(=O)Cc3cscc3N)nc2)C(=O)Nc2ccc3c(c2)OCCO3)CC1. The third kappa shape index (κ3) is 7.29. The van der Waals surface area contributed by atoms with Crippen LogP contribution in [0.25, 0.3) is 0 Å². The van der Waals surface area contributed by atoms with Gasteiger partial charge in [-0.2, -0.15) is 0 Å². The number of ketones is 1. The van der Waals surface area contributed by atoms with Crippen LogP contribution >= 0.6 is 11.3 Å². The van der Waals surface area contributed by atoms with E-state index in [0.717, 1.165) is 50.3 Å². The third-order valence-corrected chi connectivity index (χ3v) is 8.00. The van der Waals surface area contributed by atoms with Gasteiger partial charge in [0.25, 0.3) is 0 Å². The summed E-state index contributed by atoms with van der Waals surface area (Å²) in [5.74, 6) is 1.21. The first kappa shape index (κ1) is 27.9. The van der Waals surface area contributed by atoms with Gasteiger partial charge in [-0.15, -0.1) is 11.3 Å². The number of pyridine rings is 1. The van der Waals surface area contributed by atoms with Crippen molar-refractivity contribution in [3.05, 3.63) is 64.1 Å². The summed E-state index contributed by atoms with van der Waals surface area (Å²) in [7, 11) is 2.14. The molecule has 4 heterocycles. The summed E-state index contributed by atoms with van der Waals surface area (Å²) < 4.78 is 11.3. The number of nitrogens with zero attached hydrogens (tertiary/aromatic N) is 4. The number of nitrogens with two attached hydrogens (primary N) is 1.